The Morgan fingerprint density at radius 2 is 1.69 bits per heavy atom. The van der Waals surface area contributed by atoms with Crippen molar-refractivity contribution in [2.24, 2.45) is 0 Å². The third-order valence-electron chi connectivity index (χ3n) is 4.77. The quantitative estimate of drug-likeness (QED) is 0.631. The normalized spacial score (nSPS) is 14.1. The highest BCUT2D eigenvalue weighted by atomic mass is 32.2. The molecule has 152 valence electrons. The third kappa shape index (κ3) is 4.54. The maximum atomic E-state index is 13.2. The van der Waals surface area contributed by atoms with E-state index in [9.17, 15) is 14.7 Å². The average Bonchev–Trinajstić information content (AvgIpc) is 3.00. The molecule has 1 aliphatic heterocycles. The van der Waals surface area contributed by atoms with Gasteiger partial charge < -0.3 is 9.84 Å². The first-order chi connectivity index (χ1) is 14.1. The van der Waals surface area contributed by atoms with Crippen molar-refractivity contribution < 1.29 is 19.4 Å². The van der Waals surface area contributed by atoms with Crippen molar-refractivity contribution in [2.45, 2.75) is 26.2 Å². The van der Waals surface area contributed by atoms with Crippen LogP contribution in [0.5, 0.6) is 5.75 Å². The Balaban J connectivity index is 1.94. The third-order valence-corrected chi connectivity index (χ3v) is 5.83. The zero-order valence-electron chi connectivity index (χ0n) is 16.7. The van der Waals surface area contributed by atoms with Gasteiger partial charge in [-0.2, -0.15) is 0 Å². The molecular weight excluding hydrogens is 386 g/mol. The van der Waals surface area contributed by atoms with Gasteiger partial charge in [-0.25, -0.2) is 4.90 Å². The molecule has 0 spiro atoms. The molecular formula is C23H25NO4S. The van der Waals surface area contributed by atoms with Crippen molar-refractivity contribution in [3.05, 3.63) is 64.6 Å². The average molecular weight is 412 g/mol. The second-order valence-corrected chi connectivity index (χ2v) is 7.83. The van der Waals surface area contributed by atoms with Crippen molar-refractivity contribution >= 4 is 34.8 Å². The van der Waals surface area contributed by atoms with Gasteiger partial charge in [0.25, 0.3) is 11.8 Å². The van der Waals surface area contributed by atoms with Gasteiger partial charge in [-0.15, -0.1) is 11.8 Å². The number of hydrogen-bond acceptors (Lipinski definition) is 5. The van der Waals surface area contributed by atoms with Crippen LogP contribution >= 0.6 is 11.8 Å². The number of aryl methyl sites for hydroxylation is 1. The first-order valence-corrected chi connectivity index (χ1v) is 10.7. The van der Waals surface area contributed by atoms with Crippen molar-refractivity contribution in [1.29, 1.82) is 0 Å². The lowest BCUT2D eigenvalue weighted by atomic mass is 10.1. The fourth-order valence-electron chi connectivity index (χ4n) is 3.23. The van der Waals surface area contributed by atoms with E-state index in [0.717, 1.165) is 19.3 Å². The topological polar surface area (TPSA) is 66.8 Å². The van der Waals surface area contributed by atoms with Crippen LogP contribution in [-0.4, -0.2) is 36.4 Å². The molecule has 1 heterocycles. The van der Waals surface area contributed by atoms with E-state index in [2.05, 4.69) is 6.92 Å². The van der Waals surface area contributed by atoms with E-state index >= 15 is 0 Å². The van der Waals surface area contributed by atoms with Gasteiger partial charge >= 0.3 is 0 Å². The number of methoxy groups -OCH3 is 1. The Labute approximate surface area is 175 Å². The number of imide groups is 1. The number of amides is 2. The number of thioether (sulfide) groups is 1. The Bertz CT molecular complexity index is 903. The number of carbonyl (C=O) groups is 2. The minimum Gasteiger partial charge on any atom is -0.497 e. The molecule has 0 aromatic heterocycles. The van der Waals surface area contributed by atoms with E-state index < -0.39 is 0 Å². The standard InChI is InChI=1S/C23H25NO4S/c1-3-4-5-16-6-10-18(11-7-16)24-22(26)20(21(23(24)27)29-15-14-25)17-8-12-19(28-2)13-9-17/h6-13,25H,3-5,14-15H2,1-2H3. The zero-order valence-corrected chi connectivity index (χ0v) is 17.5. The summed E-state index contributed by atoms with van der Waals surface area (Å²) in [6.07, 6.45) is 3.20. The summed E-state index contributed by atoms with van der Waals surface area (Å²) in [6, 6.07) is 14.7. The fourth-order valence-corrected chi connectivity index (χ4v) is 4.09. The Morgan fingerprint density at radius 1 is 1.00 bits per heavy atom. The van der Waals surface area contributed by atoms with Crippen LogP contribution in [0.15, 0.2) is 53.4 Å². The number of aliphatic hydroxyl groups excluding tert-OH is 1. The van der Waals surface area contributed by atoms with Crippen LogP contribution in [0.3, 0.4) is 0 Å². The van der Waals surface area contributed by atoms with Crippen LogP contribution in [0, 0.1) is 0 Å². The first-order valence-electron chi connectivity index (χ1n) is 9.70. The molecule has 0 saturated heterocycles. The SMILES string of the molecule is CCCCc1ccc(N2C(=O)C(SCCO)=C(c3ccc(OC)cc3)C2=O)cc1. The maximum absolute atomic E-state index is 13.2. The number of benzene rings is 2. The molecule has 29 heavy (non-hydrogen) atoms. The highest BCUT2D eigenvalue weighted by Crippen LogP contribution is 2.38. The Morgan fingerprint density at radius 3 is 2.28 bits per heavy atom. The van der Waals surface area contributed by atoms with Crippen LogP contribution in [0.1, 0.15) is 30.9 Å². The molecule has 2 aromatic rings. The minimum absolute atomic E-state index is 0.0718. The van der Waals surface area contributed by atoms with Crippen LogP contribution in [0.25, 0.3) is 5.57 Å². The number of carbonyl (C=O) groups excluding carboxylic acids is 2. The van der Waals surface area contributed by atoms with Gasteiger partial charge in [0.05, 0.1) is 29.9 Å². The number of hydrogen-bond donors (Lipinski definition) is 1. The molecule has 0 unspecified atom stereocenters. The van der Waals surface area contributed by atoms with Gasteiger partial charge in [-0.3, -0.25) is 9.59 Å². The fraction of sp³-hybridized carbons (Fsp3) is 0.304. The second-order valence-electron chi connectivity index (χ2n) is 6.72. The van der Waals surface area contributed by atoms with E-state index in [0.29, 0.717) is 33.2 Å². The number of ether oxygens (including phenoxy) is 1. The van der Waals surface area contributed by atoms with Gasteiger partial charge in [0.1, 0.15) is 5.75 Å². The summed E-state index contributed by atoms with van der Waals surface area (Å²) in [5.41, 5.74) is 2.77. The highest BCUT2D eigenvalue weighted by molar-refractivity contribution is 8.04. The molecule has 2 aromatic carbocycles. The van der Waals surface area contributed by atoms with Crippen LogP contribution in [-0.2, 0) is 16.0 Å². The monoisotopic (exact) mass is 411 g/mol. The van der Waals surface area contributed by atoms with E-state index in [1.807, 2.05) is 24.3 Å². The number of anilines is 1. The molecule has 6 heteroatoms. The van der Waals surface area contributed by atoms with Crippen molar-refractivity contribution in [1.82, 2.24) is 0 Å². The Hall–Kier alpha value is -2.57. The van der Waals surface area contributed by atoms with Gasteiger partial charge in [0.2, 0.25) is 0 Å². The molecule has 1 aliphatic rings. The first kappa shape index (κ1) is 21.1. The summed E-state index contributed by atoms with van der Waals surface area (Å²) in [7, 11) is 1.58. The number of aliphatic hydroxyl groups is 1. The van der Waals surface area contributed by atoms with Crippen molar-refractivity contribution in [3.8, 4) is 5.75 Å². The van der Waals surface area contributed by atoms with Crippen molar-refractivity contribution in [3.63, 3.8) is 0 Å². The summed E-state index contributed by atoms with van der Waals surface area (Å²) >= 11 is 1.21. The predicted octanol–water partition coefficient (Wildman–Crippen LogP) is 4.05. The Kier molecular flexibility index (Phi) is 7.12. The zero-order chi connectivity index (χ0) is 20.8. The summed E-state index contributed by atoms with van der Waals surface area (Å²) in [5.74, 6) is 0.329. The van der Waals surface area contributed by atoms with Gasteiger partial charge in [-0.05, 0) is 48.2 Å². The van der Waals surface area contributed by atoms with E-state index in [4.69, 9.17) is 4.74 Å². The molecule has 3 rings (SSSR count). The van der Waals surface area contributed by atoms with Gasteiger partial charge in [-0.1, -0.05) is 37.6 Å². The second kappa shape index (κ2) is 9.76. The molecule has 0 bridgehead atoms. The van der Waals surface area contributed by atoms with E-state index in [-0.39, 0.29) is 18.4 Å². The summed E-state index contributed by atoms with van der Waals surface area (Å²) in [5, 5.41) is 9.22. The summed E-state index contributed by atoms with van der Waals surface area (Å²) in [6.45, 7) is 2.07. The summed E-state index contributed by atoms with van der Waals surface area (Å²) < 4.78 is 5.18. The number of unbranched alkanes of at least 4 members (excludes halogenated alkanes) is 1. The lowest BCUT2D eigenvalue weighted by Crippen LogP contribution is -2.31. The number of nitrogens with zero attached hydrogens (tertiary/aromatic N) is 1. The summed E-state index contributed by atoms with van der Waals surface area (Å²) in [4.78, 5) is 27.9. The molecule has 0 aliphatic carbocycles. The largest absolute Gasteiger partial charge is 0.497 e. The lowest BCUT2D eigenvalue weighted by molar-refractivity contribution is -0.119. The van der Waals surface area contributed by atoms with Gasteiger partial charge in [0.15, 0.2) is 0 Å². The maximum Gasteiger partial charge on any atom is 0.272 e. The van der Waals surface area contributed by atoms with Crippen LogP contribution in [0.2, 0.25) is 0 Å². The predicted molar refractivity (Wildman–Crippen MR) is 117 cm³/mol. The molecule has 0 radical (unpaired) electrons. The van der Waals surface area contributed by atoms with Gasteiger partial charge in [0, 0.05) is 5.75 Å². The number of rotatable bonds is 9. The highest BCUT2D eigenvalue weighted by Gasteiger charge is 2.40. The van der Waals surface area contributed by atoms with E-state index in [1.165, 1.54) is 22.2 Å². The molecule has 0 saturated carbocycles. The van der Waals surface area contributed by atoms with Crippen LogP contribution in [0.4, 0.5) is 5.69 Å². The smallest absolute Gasteiger partial charge is 0.272 e. The molecule has 0 atom stereocenters. The van der Waals surface area contributed by atoms with Crippen LogP contribution < -0.4 is 9.64 Å². The minimum atomic E-state index is -0.347. The lowest BCUT2D eigenvalue weighted by Gasteiger charge is -2.16. The van der Waals surface area contributed by atoms with E-state index in [1.54, 1.807) is 31.4 Å². The molecule has 1 N–H and O–H groups in total. The van der Waals surface area contributed by atoms with Crippen molar-refractivity contribution in [2.75, 3.05) is 24.4 Å². The molecule has 2 amide bonds. The molecule has 5 nitrogen and oxygen atoms in total. The molecule has 0 fully saturated rings.